The van der Waals surface area contributed by atoms with Gasteiger partial charge < -0.3 is 15.4 Å². The lowest BCUT2D eigenvalue weighted by atomic mass is 9.93. The summed E-state index contributed by atoms with van der Waals surface area (Å²) in [6.45, 7) is 3.71. The zero-order valence-electron chi connectivity index (χ0n) is 12.1. The summed E-state index contributed by atoms with van der Waals surface area (Å²) in [6, 6.07) is 0.330. The molecule has 4 heteroatoms. The first-order chi connectivity index (χ1) is 9.16. The lowest BCUT2D eigenvalue weighted by Gasteiger charge is -2.30. The van der Waals surface area contributed by atoms with E-state index in [1.54, 1.807) is 0 Å². The van der Waals surface area contributed by atoms with Crippen LogP contribution in [-0.2, 0) is 9.53 Å². The van der Waals surface area contributed by atoms with E-state index < -0.39 is 0 Å². The molecule has 0 aromatic carbocycles. The molecule has 2 fully saturated rings. The van der Waals surface area contributed by atoms with Crippen molar-refractivity contribution in [3.05, 3.63) is 0 Å². The van der Waals surface area contributed by atoms with Crippen molar-refractivity contribution >= 4 is 5.91 Å². The molecule has 0 aromatic heterocycles. The largest absolute Gasteiger partial charge is 0.365 e. The number of rotatable bonds is 3. The van der Waals surface area contributed by atoms with E-state index in [-0.39, 0.29) is 18.1 Å². The van der Waals surface area contributed by atoms with Crippen molar-refractivity contribution in [2.24, 2.45) is 5.73 Å². The molecule has 1 aliphatic carbocycles. The highest BCUT2D eigenvalue weighted by Crippen LogP contribution is 2.22. The van der Waals surface area contributed by atoms with Gasteiger partial charge in [-0.1, -0.05) is 12.8 Å². The van der Waals surface area contributed by atoms with Crippen molar-refractivity contribution in [3.8, 4) is 0 Å². The molecule has 1 saturated heterocycles. The predicted octanol–water partition coefficient (Wildman–Crippen LogP) is 2.06. The van der Waals surface area contributed by atoms with E-state index in [2.05, 4.69) is 0 Å². The molecular formula is C15H28N2O2. The second kappa shape index (κ2) is 7.25. The first kappa shape index (κ1) is 14.8. The van der Waals surface area contributed by atoms with Crippen LogP contribution < -0.4 is 5.73 Å². The second-order valence-electron chi connectivity index (χ2n) is 6.05. The molecular weight excluding hydrogens is 240 g/mol. The number of ether oxygens (including phenoxy) is 1. The van der Waals surface area contributed by atoms with Crippen LogP contribution in [0.2, 0.25) is 0 Å². The average Bonchev–Trinajstić information content (AvgIpc) is 2.69. The van der Waals surface area contributed by atoms with Gasteiger partial charge in [0.15, 0.2) is 0 Å². The van der Waals surface area contributed by atoms with Crippen molar-refractivity contribution in [1.82, 2.24) is 4.90 Å². The Labute approximate surface area is 116 Å². The Morgan fingerprint density at radius 3 is 2.26 bits per heavy atom. The molecule has 1 atom stereocenters. The van der Waals surface area contributed by atoms with Gasteiger partial charge in [0.2, 0.25) is 0 Å². The Morgan fingerprint density at radius 2 is 1.68 bits per heavy atom. The molecule has 0 bridgehead atoms. The number of nitrogens with zero attached hydrogens (tertiary/aromatic N) is 1. The molecule has 2 N–H and O–H groups in total. The Bertz CT molecular complexity index is 280. The van der Waals surface area contributed by atoms with Crippen LogP contribution in [0.5, 0.6) is 0 Å². The first-order valence-corrected chi connectivity index (χ1v) is 7.86. The summed E-state index contributed by atoms with van der Waals surface area (Å²) in [5.74, 6) is 0.178. The molecule has 19 heavy (non-hydrogen) atoms. The minimum absolute atomic E-state index is 0.178. The summed E-state index contributed by atoms with van der Waals surface area (Å²) >= 11 is 0. The van der Waals surface area contributed by atoms with Gasteiger partial charge in [-0.2, -0.15) is 0 Å². The summed E-state index contributed by atoms with van der Waals surface area (Å²) in [7, 11) is 0. The van der Waals surface area contributed by atoms with Crippen LogP contribution in [-0.4, -0.2) is 42.1 Å². The predicted molar refractivity (Wildman–Crippen MR) is 75.8 cm³/mol. The smallest absolute Gasteiger partial charge is 0.251 e. The highest BCUT2D eigenvalue weighted by Gasteiger charge is 2.26. The number of carbonyl (C=O) groups is 1. The van der Waals surface area contributed by atoms with Crippen molar-refractivity contribution in [2.45, 2.75) is 76.5 Å². The van der Waals surface area contributed by atoms with Crippen molar-refractivity contribution in [3.63, 3.8) is 0 Å². The molecule has 2 rings (SSSR count). The molecule has 0 aromatic rings. The van der Waals surface area contributed by atoms with Gasteiger partial charge in [-0.3, -0.25) is 4.79 Å². The second-order valence-corrected chi connectivity index (χ2v) is 6.05. The minimum atomic E-state index is -0.294. The maximum atomic E-state index is 12.4. The van der Waals surface area contributed by atoms with Crippen LogP contribution in [0, 0.1) is 0 Å². The first-order valence-electron chi connectivity index (χ1n) is 7.86. The topological polar surface area (TPSA) is 55.6 Å². The molecule has 0 spiro atoms. The lowest BCUT2D eigenvalue weighted by molar-refractivity contribution is -0.147. The lowest BCUT2D eigenvalue weighted by Crippen LogP contribution is -2.42. The van der Waals surface area contributed by atoms with E-state index in [9.17, 15) is 4.79 Å². The van der Waals surface area contributed by atoms with Crippen LogP contribution in [0.15, 0.2) is 0 Å². The van der Waals surface area contributed by atoms with Crippen molar-refractivity contribution in [1.29, 1.82) is 0 Å². The van der Waals surface area contributed by atoms with Gasteiger partial charge in [-0.25, -0.2) is 0 Å². The fourth-order valence-corrected chi connectivity index (χ4v) is 3.12. The van der Waals surface area contributed by atoms with Gasteiger partial charge in [0.05, 0.1) is 6.10 Å². The Morgan fingerprint density at radius 1 is 1.11 bits per heavy atom. The van der Waals surface area contributed by atoms with Crippen LogP contribution in [0.1, 0.15) is 58.3 Å². The van der Waals surface area contributed by atoms with Gasteiger partial charge in [-0.05, 0) is 45.4 Å². The summed E-state index contributed by atoms with van der Waals surface area (Å²) in [6.07, 6.45) is 8.75. The minimum Gasteiger partial charge on any atom is -0.365 e. The van der Waals surface area contributed by atoms with Crippen LogP contribution >= 0.6 is 0 Å². The zero-order valence-corrected chi connectivity index (χ0v) is 12.1. The number of amides is 1. The third-order valence-electron chi connectivity index (χ3n) is 4.38. The fraction of sp³-hybridized carbons (Fsp3) is 0.933. The fourth-order valence-electron chi connectivity index (χ4n) is 3.12. The molecule has 110 valence electrons. The summed E-state index contributed by atoms with van der Waals surface area (Å²) in [5, 5.41) is 0. The SMILES string of the molecule is CC(OC1CCC(N)CC1)C(=O)N1CCCCCC1. The third kappa shape index (κ3) is 4.46. The molecule has 0 radical (unpaired) electrons. The van der Waals surface area contributed by atoms with E-state index in [0.717, 1.165) is 51.6 Å². The number of hydrogen-bond donors (Lipinski definition) is 1. The van der Waals surface area contributed by atoms with Crippen LogP contribution in [0.4, 0.5) is 0 Å². The molecule has 1 aliphatic heterocycles. The highest BCUT2D eigenvalue weighted by atomic mass is 16.5. The van der Waals surface area contributed by atoms with E-state index in [0.29, 0.717) is 6.04 Å². The number of likely N-dealkylation sites (tertiary alicyclic amines) is 1. The maximum Gasteiger partial charge on any atom is 0.251 e. The quantitative estimate of drug-likeness (QED) is 0.852. The third-order valence-corrected chi connectivity index (χ3v) is 4.38. The summed E-state index contributed by atoms with van der Waals surface area (Å²) in [4.78, 5) is 14.4. The maximum absolute atomic E-state index is 12.4. The molecule has 2 aliphatic rings. The number of carbonyl (C=O) groups excluding carboxylic acids is 1. The molecule has 4 nitrogen and oxygen atoms in total. The Balaban J connectivity index is 1.78. The average molecular weight is 268 g/mol. The molecule has 1 unspecified atom stereocenters. The van der Waals surface area contributed by atoms with Gasteiger partial charge in [0, 0.05) is 19.1 Å². The van der Waals surface area contributed by atoms with E-state index >= 15 is 0 Å². The summed E-state index contributed by atoms with van der Waals surface area (Å²) < 4.78 is 5.95. The Kier molecular flexibility index (Phi) is 5.64. The van der Waals surface area contributed by atoms with Crippen molar-refractivity contribution in [2.75, 3.05) is 13.1 Å². The normalized spacial score (nSPS) is 30.7. The van der Waals surface area contributed by atoms with Gasteiger partial charge in [0.1, 0.15) is 6.10 Å². The van der Waals surface area contributed by atoms with E-state index in [1.165, 1.54) is 12.8 Å². The van der Waals surface area contributed by atoms with Crippen LogP contribution in [0.3, 0.4) is 0 Å². The molecule has 1 heterocycles. The molecule has 1 saturated carbocycles. The summed E-state index contributed by atoms with van der Waals surface area (Å²) in [5.41, 5.74) is 5.89. The van der Waals surface area contributed by atoms with Crippen molar-refractivity contribution < 1.29 is 9.53 Å². The highest BCUT2D eigenvalue weighted by molar-refractivity contribution is 5.80. The Hall–Kier alpha value is -0.610. The van der Waals surface area contributed by atoms with E-state index in [1.807, 2.05) is 11.8 Å². The zero-order chi connectivity index (χ0) is 13.7. The number of nitrogens with two attached hydrogens (primary N) is 1. The standard InChI is InChI=1S/C15H28N2O2/c1-12(19-14-8-6-13(16)7-9-14)15(18)17-10-4-2-3-5-11-17/h12-14H,2-11,16H2,1H3. The molecule has 1 amide bonds. The van der Waals surface area contributed by atoms with Gasteiger partial charge >= 0.3 is 0 Å². The van der Waals surface area contributed by atoms with E-state index in [4.69, 9.17) is 10.5 Å². The number of hydrogen-bond acceptors (Lipinski definition) is 3. The monoisotopic (exact) mass is 268 g/mol. The van der Waals surface area contributed by atoms with Gasteiger partial charge in [-0.15, -0.1) is 0 Å². The van der Waals surface area contributed by atoms with Gasteiger partial charge in [0.25, 0.3) is 5.91 Å². The van der Waals surface area contributed by atoms with Crippen LogP contribution in [0.25, 0.3) is 0 Å².